The number of rotatable bonds is 5. The highest BCUT2D eigenvalue weighted by Gasteiger charge is 2.25. The van der Waals surface area contributed by atoms with Gasteiger partial charge < -0.3 is 10.1 Å². The lowest BCUT2D eigenvalue weighted by atomic mass is 10.2. The second kappa shape index (κ2) is 7.47. The Morgan fingerprint density at radius 3 is 2.32 bits per heavy atom. The minimum absolute atomic E-state index is 0.0996. The lowest BCUT2D eigenvalue weighted by molar-refractivity contribution is -0.383. The molecular formula is C16H12F2N2O5. The molecule has 1 amide bonds. The van der Waals surface area contributed by atoms with Crippen LogP contribution in [0.1, 0.15) is 17.3 Å². The van der Waals surface area contributed by atoms with E-state index in [9.17, 15) is 28.5 Å². The van der Waals surface area contributed by atoms with Crippen LogP contribution in [0.2, 0.25) is 0 Å². The third-order valence-electron chi connectivity index (χ3n) is 3.18. The molecule has 0 aliphatic rings. The number of esters is 1. The molecule has 9 heteroatoms. The number of halogens is 2. The number of para-hydroxylation sites is 2. The number of anilines is 1. The number of nitrogens with one attached hydrogen (secondary N) is 1. The molecule has 7 nitrogen and oxygen atoms in total. The van der Waals surface area contributed by atoms with E-state index in [0.717, 1.165) is 18.2 Å². The van der Waals surface area contributed by atoms with Gasteiger partial charge in [0.25, 0.3) is 11.6 Å². The van der Waals surface area contributed by atoms with Crippen LogP contribution in [-0.4, -0.2) is 22.9 Å². The minimum Gasteiger partial charge on any atom is -0.449 e. The van der Waals surface area contributed by atoms with Gasteiger partial charge in [-0.15, -0.1) is 0 Å². The summed E-state index contributed by atoms with van der Waals surface area (Å²) in [6.45, 7) is 1.17. The van der Waals surface area contributed by atoms with Crippen LogP contribution in [0.25, 0.3) is 0 Å². The molecule has 0 aromatic heterocycles. The second-order valence-corrected chi connectivity index (χ2v) is 4.91. The van der Waals surface area contributed by atoms with Crippen LogP contribution < -0.4 is 5.32 Å². The maximum absolute atomic E-state index is 13.5. The molecule has 0 radical (unpaired) electrons. The highest BCUT2D eigenvalue weighted by atomic mass is 19.1. The summed E-state index contributed by atoms with van der Waals surface area (Å²) in [6, 6.07) is 8.18. The molecule has 2 rings (SSSR count). The maximum atomic E-state index is 13.5. The number of hydrogen-bond donors (Lipinski definition) is 1. The van der Waals surface area contributed by atoms with Gasteiger partial charge in [0.2, 0.25) is 0 Å². The van der Waals surface area contributed by atoms with Gasteiger partial charge >= 0.3 is 5.97 Å². The third kappa shape index (κ3) is 4.14. The van der Waals surface area contributed by atoms with Crippen molar-refractivity contribution in [3.63, 3.8) is 0 Å². The third-order valence-corrected chi connectivity index (χ3v) is 3.18. The largest absolute Gasteiger partial charge is 0.449 e. The van der Waals surface area contributed by atoms with E-state index in [4.69, 9.17) is 4.74 Å². The van der Waals surface area contributed by atoms with Crippen LogP contribution in [0, 0.1) is 21.7 Å². The molecule has 2 aromatic carbocycles. The van der Waals surface area contributed by atoms with Gasteiger partial charge in [-0.25, -0.2) is 13.6 Å². The molecule has 0 aliphatic heterocycles. The van der Waals surface area contributed by atoms with Crippen LogP contribution in [0.5, 0.6) is 0 Å². The van der Waals surface area contributed by atoms with Gasteiger partial charge in [0.1, 0.15) is 22.9 Å². The van der Waals surface area contributed by atoms with Crippen molar-refractivity contribution in [1.29, 1.82) is 0 Å². The lowest BCUT2D eigenvalue weighted by Crippen LogP contribution is -2.30. The Kier molecular flexibility index (Phi) is 5.38. The molecule has 25 heavy (non-hydrogen) atoms. The Morgan fingerprint density at radius 2 is 1.72 bits per heavy atom. The second-order valence-electron chi connectivity index (χ2n) is 4.91. The van der Waals surface area contributed by atoms with Crippen molar-refractivity contribution < 1.29 is 28.0 Å². The SMILES string of the molecule is C[C@H](OC(=O)c1c(F)cccc1F)C(=O)Nc1ccccc1[N+](=O)[O-]. The average molecular weight is 350 g/mol. The summed E-state index contributed by atoms with van der Waals surface area (Å²) in [5.74, 6) is -4.51. The Balaban J connectivity index is 2.11. The molecule has 130 valence electrons. The molecule has 1 atom stereocenters. The van der Waals surface area contributed by atoms with Crippen molar-refractivity contribution >= 4 is 23.3 Å². The average Bonchev–Trinajstić information content (AvgIpc) is 2.54. The minimum atomic E-state index is -1.44. The van der Waals surface area contributed by atoms with Gasteiger partial charge in [0, 0.05) is 6.07 Å². The molecule has 0 heterocycles. The van der Waals surface area contributed by atoms with E-state index in [-0.39, 0.29) is 11.4 Å². The maximum Gasteiger partial charge on any atom is 0.344 e. The zero-order valence-corrected chi connectivity index (χ0v) is 12.9. The van der Waals surface area contributed by atoms with Crippen LogP contribution in [0.15, 0.2) is 42.5 Å². The monoisotopic (exact) mass is 350 g/mol. The standard InChI is InChI=1S/C16H12F2N2O5/c1-9(25-16(22)14-10(17)5-4-6-11(14)18)15(21)19-12-7-2-3-8-13(12)20(23)24/h2-9H,1H3,(H,19,21)/t9-/m0/s1. The fraction of sp³-hybridized carbons (Fsp3) is 0.125. The molecule has 0 fully saturated rings. The number of nitro benzene ring substituents is 1. The van der Waals surface area contributed by atoms with Gasteiger partial charge in [0.15, 0.2) is 6.10 Å². The van der Waals surface area contributed by atoms with E-state index in [2.05, 4.69) is 5.32 Å². The number of amides is 1. The number of carbonyl (C=O) groups is 2. The molecule has 0 spiro atoms. The number of carbonyl (C=O) groups excluding carboxylic acids is 2. The van der Waals surface area contributed by atoms with Gasteiger partial charge in [0.05, 0.1) is 4.92 Å². The quantitative estimate of drug-likeness (QED) is 0.508. The Hall–Kier alpha value is -3.36. The van der Waals surface area contributed by atoms with E-state index in [0.29, 0.717) is 0 Å². The highest BCUT2D eigenvalue weighted by molar-refractivity contribution is 5.98. The highest BCUT2D eigenvalue weighted by Crippen LogP contribution is 2.23. The van der Waals surface area contributed by atoms with Crippen LogP contribution in [0.4, 0.5) is 20.2 Å². The van der Waals surface area contributed by atoms with Crippen molar-refractivity contribution in [2.24, 2.45) is 0 Å². The summed E-state index contributed by atoms with van der Waals surface area (Å²) < 4.78 is 31.8. The molecule has 0 saturated heterocycles. The number of nitro groups is 1. The predicted molar refractivity (Wildman–Crippen MR) is 83.0 cm³/mol. The summed E-state index contributed by atoms with van der Waals surface area (Å²) in [6.07, 6.45) is -1.44. The summed E-state index contributed by atoms with van der Waals surface area (Å²) >= 11 is 0. The van der Waals surface area contributed by atoms with E-state index in [1.54, 1.807) is 0 Å². The summed E-state index contributed by atoms with van der Waals surface area (Å²) in [5, 5.41) is 13.1. The Labute approximate surface area is 140 Å². The number of nitrogens with zero attached hydrogens (tertiary/aromatic N) is 1. The fourth-order valence-electron chi connectivity index (χ4n) is 1.94. The number of hydrogen-bond acceptors (Lipinski definition) is 5. The molecule has 0 aliphatic carbocycles. The van der Waals surface area contributed by atoms with Crippen LogP contribution >= 0.6 is 0 Å². The van der Waals surface area contributed by atoms with E-state index in [1.807, 2.05) is 0 Å². The zero-order chi connectivity index (χ0) is 18.6. The van der Waals surface area contributed by atoms with Crippen molar-refractivity contribution in [1.82, 2.24) is 0 Å². The Morgan fingerprint density at radius 1 is 1.12 bits per heavy atom. The first-order valence-electron chi connectivity index (χ1n) is 7.00. The van der Waals surface area contributed by atoms with Crippen molar-refractivity contribution in [2.45, 2.75) is 13.0 Å². The van der Waals surface area contributed by atoms with Crippen molar-refractivity contribution in [2.75, 3.05) is 5.32 Å². The summed E-state index contributed by atoms with van der Waals surface area (Å²) in [7, 11) is 0. The number of ether oxygens (including phenoxy) is 1. The zero-order valence-electron chi connectivity index (χ0n) is 12.9. The van der Waals surface area contributed by atoms with Crippen LogP contribution in [-0.2, 0) is 9.53 Å². The Bertz CT molecular complexity index is 821. The first-order valence-corrected chi connectivity index (χ1v) is 7.00. The molecule has 2 aromatic rings. The van der Waals surface area contributed by atoms with Gasteiger partial charge in [-0.2, -0.15) is 0 Å². The van der Waals surface area contributed by atoms with E-state index >= 15 is 0 Å². The van der Waals surface area contributed by atoms with Crippen molar-refractivity contribution in [3.8, 4) is 0 Å². The fourth-order valence-corrected chi connectivity index (χ4v) is 1.94. The molecule has 1 N–H and O–H groups in total. The normalized spacial score (nSPS) is 11.5. The smallest absolute Gasteiger partial charge is 0.344 e. The summed E-state index contributed by atoms with van der Waals surface area (Å²) in [4.78, 5) is 34.1. The van der Waals surface area contributed by atoms with Gasteiger partial charge in [-0.05, 0) is 25.1 Å². The van der Waals surface area contributed by atoms with Gasteiger partial charge in [-0.1, -0.05) is 18.2 Å². The first-order chi connectivity index (χ1) is 11.8. The van der Waals surface area contributed by atoms with E-state index < -0.39 is 40.1 Å². The molecular weight excluding hydrogens is 338 g/mol. The van der Waals surface area contributed by atoms with Crippen LogP contribution in [0.3, 0.4) is 0 Å². The molecule has 0 bridgehead atoms. The van der Waals surface area contributed by atoms with Crippen molar-refractivity contribution in [3.05, 3.63) is 69.8 Å². The topological polar surface area (TPSA) is 98.5 Å². The molecule has 0 saturated carbocycles. The predicted octanol–water partition coefficient (Wildman–Crippen LogP) is 3.06. The summed E-state index contributed by atoms with van der Waals surface area (Å²) in [5.41, 5.74) is -1.38. The van der Waals surface area contributed by atoms with E-state index in [1.165, 1.54) is 31.2 Å². The van der Waals surface area contributed by atoms with Gasteiger partial charge in [-0.3, -0.25) is 14.9 Å². The first kappa shape index (κ1) is 18.0. The number of benzene rings is 2. The lowest BCUT2D eigenvalue weighted by Gasteiger charge is -2.14. The molecule has 0 unspecified atom stereocenters.